The van der Waals surface area contributed by atoms with E-state index in [-0.39, 0.29) is 30.7 Å². The topological polar surface area (TPSA) is 78.5 Å². The maximum absolute atomic E-state index is 12.5. The predicted octanol–water partition coefficient (Wildman–Crippen LogP) is 2.03. The van der Waals surface area contributed by atoms with E-state index in [2.05, 4.69) is 4.57 Å². The Hall–Kier alpha value is -2.10. The molecule has 1 aliphatic heterocycles. The van der Waals surface area contributed by atoms with Crippen LogP contribution in [0.4, 0.5) is 0 Å². The quantitative estimate of drug-likeness (QED) is 0.606. The summed E-state index contributed by atoms with van der Waals surface area (Å²) in [4.78, 5) is 14.0. The van der Waals surface area contributed by atoms with Crippen molar-refractivity contribution in [1.82, 2.24) is 9.47 Å². The zero-order chi connectivity index (χ0) is 18.4. The zero-order valence-corrected chi connectivity index (χ0v) is 15.3. The number of amides is 1. The minimum Gasteiger partial charge on any atom is -0.395 e. The van der Waals surface area contributed by atoms with Crippen LogP contribution in [0.5, 0.6) is 0 Å². The van der Waals surface area contributed by atoms with Crippen molar-refractivity contribution in [2.45, 2.75) is 46.3 Å². The van der Waals surface area contributed by atoms with Gasteiger partial charge in [-0.1, -0.05) is 0 Å². The van der Waals surface area contributed by atoms with Gasteiger partial charge in [0, 0.05) is 37.6 Å². The normalized spacial score (nSPS) is 17.6. The Kier molecular flexibility index (Phi) is 6.80. The van der Waals surface area contributed by atoms with E-state index < -0.39 is 0 Å². The second-order valence-electron chi connectivity index (χ2n) is 6.35. The lowest BCUT2D eigenvalue weighted by Crippen LogP contribution is -2.34. The van der Waals surface area contributed by atoms with E-state index in [9.17, 15) is 10.1 Å². The summed E-state index contributed by atoms with van der Waals surface area (Å²) in [7, 11) is 0. The Morgan fingerprint density at radius 2 is 2.32 bits per heavy atom. The summed E-state index contributed by atoms with van der Waals surface area (Å²) < 4.78 is 7.90. The van der Waals surface area contributed by atoms with Crippen molar-refractivity contribution < 1.29 is 14.6 Å². The molecule has 1 N–H and O–H groups in total. The van der Waals surface area contributed by atoms with Gasteiger partial charge in [-0.2, -0.15) is 5.26 Å². The van der Waals surface area contributed by atoms with Crippen LogP contribution in [-0.4, -0.2) is 52.9 Å². The number of aliphatic hydroxyl groups excluding tert-OH is 1. The lowest BCUT2D eigenvalue weighted by molar-refractivity contribution is -0.126. The van der Waals surface area contributed by atoms with Crippen molar-refractivity contribution in [2.75, 3.05) is 26.3 Å². The van der Waals surface area contributed by atoms with Crippen molar-refractivity contribution in [3.63, 3.8) is 0 Å². The molecule has 1 aromatic heterocycles. The van der Waals surface area contributed by atoms with Crippen molar-refractivity contribution in [2.24, 2.45) is 0 Å². The van der Waals surface area contributed by atoms with Gasteiger partial charge in [-0.25, -0.2) is 0 Å². The SMILES string of the molecule is CCN(CCO)C(=O)/C(C#N)=C/c1cc(C)n(CC2CCCO2)c1C. The summed E-state index contributed by atoms with van der Waals surface area (Å²) >= 11 is 0. The molecule has 6 nitrogen and oxygen atoms in total. The van der Waals surface area contributed by atoms with Crippen LogP contribution in [0.2, 0.25) is 0 Å². The van der Waals surface area contributed by atoms with Crippen LogP contribution in [0.25, 0.3) is 6.08 Å². The molecule has 136 valence electrons. The highest BCUT2D eigenvalue weighted by molar-refractivity contribution is 6.01. The van der Waals surface area contributed by atoms with E-state index in [1.807, 2.05) is 32.9 Å². The highest BCUT2D eigenvalue weighted by Crippen LogP contribution is 2.22. The molecule has 0 spiro atoms. The van der Waals surface area contributed by atoms with Crippen LogP contribution in [0.3, 0.4) is 0 Å². The third-order valence-corrected chi connectivity index (χ3v) is 4.71. The predicted molar refractivity (Wildman–Crippen MR) is 95.8 cm³/mol. The summed E-state index contributed by atoms with van der Waals surface area (Å²) in [6.07, 6.45) is 4.05. The number of rotatable bonds is 7. The van der Waals surface area contributed by atoms with Gasteiger partial charge in [0.15, 0.2) is 0 Å². The number of aryl methyl sites for hydroxylation is 1. The Bertz CT molecular complexity index is 679. The van der Waals surface area contributed by atoms with E-state index in [4.69, 9.17) is 9.84 Å². The lowest BCUT2D eigenvalue weighted by Gasteiger charge is -2.19. The number of aliphatic hydroxyl groups is 1. The molecule has 0 aromatic carbocycles. The summed E-state index contributed by atoms with van der Waals surface area (Å²) in [6, 6.07) is 4.00. The first-order valence-corrected chi connectivity index (χ1v) is 8.82. The molecular weight excluding hydrogens is 318 g/mol. The Morgan fingerprint density at radius 1 is 1.56 bits per heavy atom. The molecule has 0 aliphatic carbocycles. The lowest BCUT2D eigenvalue weighted by atomic mass is 10.1. The Labute approximate surface area is 149 Å². The largest absolute Gasteiger partial charge is 0.395 e. The third-order valence-electron chi connectivity index (χ3n) is 4.71. The molecule has 6 heteroatoms. The second-order valence-corrected chi connectivity index (χ2v) is 6.35. The summed E-state index contributed by atoms with van der Waals surface area (Å²) in [5.74, 6) is -0.344. The maximum Gasteiger partial charge on any atom is 0.264 e. The molecule has 1 aliphatic rings. The van der Waals surface area contributed by atoms with Gasteiger partial charge in [0.2, 0.25) is 0 Å². The number of nitriles is 1. The fraction of sp³-hybridized carbons (Fsp3) is 0.579. The number of ether oxygens (including phenoxy) is 1. The van der Waals surface area contributed by atoms with Gasteiger partial charge >= 0.3 is 0 Å². The third kappa shape index (κ3) is 4.50. The van der Waals surface area contributed by atoms with E-state index in [1.165, 1.54) is 4.90 Å². The number of carbonyl (C=O) groups excluding carboxylic acids is 1. The molecule has 0 saturated carbocycles. The molecule has 2 heterocycles. The van der Waals surface area contributed by atoms with Crippen LogP contribution >= 0.6 is 0 Å². The molecule has 1 atom stereocenters. The zero-order valence-electron chi connectivity index (χ0n) is 15.3. The molecule has 1 fully saturated rings. The van der Waals surface area contributed by atoms with Crippen LogP contribution in [-0.2, 0) is 16.1 Å². The molecule has 1 aromatic rings. The molecule has 1 unspecified atom stereocenters. The number of aromatic nitrogens is 1. The highest BCUT2D eigenvalue weighted by atomic mass is 16.5. The average molecular weight is 345 g/mol. The Morgan fingerprint density at radius 3 is 2.88 bits per heavy atom. The van der Waals surface area contributed by atoms with Gasteiger partial charge in [0.25, 0.3) is 5.91 Å². The first-order valence-electron chi connectivity index (χ1n) is 8.82. The monoisotopic (exact) mass is 345 g/mol. The maximum atomic E-state index is 12.5. The van der Waals surface area contributed by atoms with Crippen molar-refractivity contribution in [3.8, 4) is 6.07 Å². The van der Waals surface area contributed by atoms with Gasteiger partial charge in [-0.15, -0.1) is 0 Å². The molecule has 25 heavy (non-hydrogen) atoms. The fourth-order valence-electron chi connectivity index (χ4n) is 3.24. The number of nitrogens with zero attached hydrogens (tertiary/aromatic N) is 3. The summed E-state index contributed by atoms with van der Waals surface area (Å²) in [5, 5.41) is 18.5. The number of hydrogen-bond donors (Lipinski definition) is 1. The van der Waals surface area contributed by atoms with Gasteiger partial charge in [-0.3, -0.25) is 4.79 Å². The standard InChI is InChI=1S/C19H27N3O3/c1-4-21(7-8-23)19(24)17(12-20)11-16-10-14(2)22(15(16)3)13-18-6-5-9-25-18/h10-11,18,23H,4-9,13H2,1-3H3/b17-11+. The Balaban J connectivity index is 2.25. The first kappa shape index (κ1) is 19.2. The van der Waals surface area contributed by atoms with Crippen LogP contribution < -0.4 is 0 Å². The van der Waals surface area contributed by atoms with Crippen molar-refractivity contribution in [1.29, 1.82) is 5.26 Å². The van der Waals surface area contributed by atoms with E-state index in [0.717, 1.165) is 42.9 Å². The average Bonchev–Trinajstić information content (AvgIpc) is 3.21. The van der Waals surface area contributed by atoms with E-state index >= 15 is 0 Å². The van der Waals surface area contributed by atoms with Crippen LogP contribution in [0.15, 0.2) is 11.6 Å². The van der Waals surface area contributed by atoms with Gasteiger partial charge in [0.05, 0.1) is 12.7 Å². The molecular formula is C19H27N3O3. The fourth-order valence-corrected chi connectivity index (χ4v) is 3.24. The van der Waals surface area contributed by atoms with E-state index in [0.29, 0.717) is 6.54 Å². The van der Waals surface area contributed by atoms with Crippen molar-refractivity contribution >= 4 is 12.0 Å². The van der Waals surface area contributed by atoms with Crippen LogP contribution in [0.1, 0.15) is 36.7 Å². The highest BCUT2D eigenvalue weighted by Gasteiger charge is 2.20. The smallest absolute Gasteiger partial charge is 0.264 e. The minimum absolute atomic E-state index is 0.0904. The second kappa shape index (κ2) is 8.84. The van der Waals surface area contributed by atoms with Crippen molar-refractivity contribution in [3.05, 3.63) is 28.6 Å². The van der Waals surface area contributed by atoms with Gasteiger partial charge in [-0.05, 0) is 51.3 Å². The molecule has 0 radical (unpaired) electrons. The number of hydrogen-bond acceptors (Lipinski definition) is 4. The molecule has 1 amide bonds. The first-order chi connectivity index (χ1) is 12.0. The summed E-state index contributed by atoms with van der Waals surface area (Å²) in [5.41, 5.74) is 3.08. The molecule has 1 saturated heterocycles. The van der Waals surface area contributed by atoms with Gasteiger partial charge < -0.3 is 19.3 Å². The number of carbonyl (C=O) groups is 1. The van der Waals surface area contributed by atoms with Crippen LogP contribution in [0, 0.1) is 25.2 Å². The van der Waals surface area contributed by atoms with E-state index in [1.54, 1.807) is 6.08 Å². The molecule has 2 rings (SSSR count). The number of likely N-dealkylation sites (N-methyl/N-ethyl adjacent to an activating group) is 1. The minimum atomic E-state index is -0.344. The summed E-state index contributed by atoms with van der Waals surface area (Å²) in [6.45, 7) is 8.04. The molecule has 0 bridgehead atoms. The van der Waals surface area contributed by atoms with Gasteiger partial charge in [0.1, 0.15) is 11.6 Å².